The average Bonchev–Trinajstić information content (AvgIpc) is 2.73. The Labute approximate surface area is 192 Å². The number of benzene rings is 3. The van der Waals surface area contributed by atoms with Gasteiger partial charge in [-0.25, -0.2) is 0 Å². The Morgan fingerprint density at radius 1 is 0.767 bits per heavy atom. The van der Waals surface area contributed by atoms with Crippen molar-refractivity contribution in [3.05, 3.63) is 92.4 Å². The molecular formula is C24H24Cl3NO2. The summed E-state index contributed by atoms with van der Waals surface area (Å²) in [6.07, 6.45) is 0.922. The molecule has 3 aromatic rings. The van der Waals surface area contributed by atoms with E-state index < -0.39 is 0 Å². The Kier molecular flexibility index (Phi) is 8.71. The van der Waals surface area contributed by atoms with E-state index in [1.165, 1.54) is 5.56 Å². The van der Waals surface area contributed by atoms with Crippen LogP contribution < -0.4 is 14.8 Å². The summed E-state index contributed by atoms with van der Waals surface area (Å²) >= 11 is 18.4. The molecule has 0 atom stereocenters. The van der Waals surface area contributed by atoms with E-state index in [1.54, 1.807) is 0 Å². The van der Waals surface area contributed by atoms with E-state index in [4.69, 9.17) is 44.3 Å². The summed E-state index contributed by atoms with van der Waals surface area (Å²) in [5.41, 5.74) is 3.29. The summed E-state index contributed by atoms with van der Waals surface area (Å²) in [5.74, 6) is 1.20. The first-order valence-corrected chi connectivity index (χ1v) is 11.0. The maximum Gasteiger partial charge on any atom is 0.180 e. The highest BCUT2D eigenvalue weighted by Gasteiger charge is 2.13. The molecule has 30 heavy (non-hydrogen) atoms. The van der Waals surface area contributed by atoms with Gasteiger partial charge in [-0.3, -0.25) is 0 Å². The Hall–Kier alpha value is -1.91. The number of halogens is 3. The van der Waals surface area contributed by atoms with Crippen LogP contribution in [0.2, 0.25) is 15.1 Å². The van der Waals surface area contributed by atoms with Crippen LogP contribution in [0.15, 0.2) is 60.7 Å². The number of hydrogen-bond acceptors (Lipinski definition) is 3. The minimum absolute atomic E-state index is 0.385. The first-order valence-electron chi connectivity index (χ1n) is 9.82. The van der Waals surface area contributed by atoms with Crippen molar-refractivity contribution in [2.45, 2.75) is 26.5 Å². The van der Waals surface area contributed by atoms with Crippen molar-refractivity contribution in [2.75, 3.05) is 13.2 Å². The SMILES string of the molecule is CCOc1cc(CNCCc2ccc(Cl)cc2)cc(Cl)c1OCc1ccc(Cl)cc1. The zero-order chi connectivity index (χ0) is 21.3. The van der Waals surface area contributed by atoms with E-state index in [0.29, 0.717) is 41.3 Å². The molecular weight excluding hydrogens is 441 g/mol. The summed E-state index contributed by atoms with van der Waals surface area (Å²) < 4.78 is 11.7. The lowest BCUT2D eigenvalue weighted by Crippen LogP contribution is -2.16. The molecule has 6 heteroatoms. The Morgan fingerprint density at radius 3 is 2.03 bits per heavy atom. The van der Waals surface area contributed by atoms with Gasteiger partial charge in [0.2, 0.25) is 0 Å². The smallest absolute Gasteiger partial charge is 0.180 e. The highest BCUT2D eigenvalue weighted by atomic mass is 35.5. The highest BCUT2D eigenvalue weighted by Crippen LogP contribution is 2.37. The first-order chi connectivity index (χ1) is 14.5. The third-order valence-electron chi connectivity index (χ3n) is 4.50. The third-order valence-corrected chi connectivity index (χ3v) is 5.28. The predicted molar refractivity (Wildman–Crippen MR) is 125 cm³/mol. The van der Waals surface area contributed by atoms with Crippen LogP contribution in [0, 0.1) is 0 Å². The second kappa shape index (κ2) is 11.5. The van der Waals surface area contributed by atoms with Crippen molar-refractivity contribution in [2.24, 2.45) is 0 Å². The van der Waals surface area contributed by atoms with Gasteiger partial charge in [0.15, 0.2) is 11.5 Å². The maximum atomic E-state index is 6.52. The zero-order valence-corrected chi connectivity index (χ0v) is 19.0. The van der Waals surface area contributed by atoms with Crippen LogP contribution in [0.25, 0.3) is 0 Å². The molecule has 0 aliphatic rings. The van der Waals surface area contributed by atoms with Gasteiger partial charge < -0.3 is 14.8 Å². The normalized spacial score (nSPS) is 10.8. The van der Waals surface area contributed by atoms with E-state index in [2.05, 4.69) is 5.32 Å². The van der Waals surface area contributed by atoms with Crippen LogP contribution in [0.5, 0.6) is 11.5 Å². The van der Waals surface area contributed by atoms with Gasteiger partial charge in [-0.05, 0) is 73.0 Å². The molecule has 0 saturated heterocycles. The van der Waals surface area contributed by atoms with E-state index in [1.807, 2.05) is 67.6 Å². The van der Waals surface area contributed by atoms with Crippen LogP contribution in [0.1, 0.15) is 23.6 Å². The lowest BCUT2D eigenvalue weighted by molar-refractivity contribution is 0.269. The van der Waals surface area contributed by atoms with E-state index >= 15 is 0 Å². The monoisotopic (exact) mass is 463 g/mol. The molecule has 3 nitrogen and oxygen atoms in total. The molecule has 0 aliphatic heterocycles. The van der Waals surface area contributed by atoms with Crippen LogP contribution in [-0.4, -0.2) is 13.2 Å². The van der Waals surface area contributed by atoms with Gasteiger partial charge in [0.05, 0.1) is 11.6 Å². The highest BCUT2D eigenvalue weighted by molar-refractivity contribution is 6.32. The molecule has 3 rings (SSSR count). The van der Waals surface area contributed by atoms with Gasteiger partial charge in [-0.15, -0.1) is 0 Å². The van der Waals surface area contributed by atoms with Gasteiger partial charge in [0.25, 0.3) is 0 Å². The van der Waals surface area contributed by atoms with Crippen molar-refractivity contribution in [1.29, 1.82) is 0 Å². The van der Waals surface area contributed by atoms with Gasteiger partial charge in [0.1, 0.15) is 6.61 Å². The summed E-state index contributed by atoms with van der Waals surface area (Å²) in [7, 11) is 0. The average molecular weight is 465 g/mol. The van der Waals surface area contributed by atoms with E-state index in [9.17, 15) is 0 Å². The van der Waals surface area contributed by atoms with Gasteiger partial charge >= 0.3 is 0 Å². The molecule has 0 bridgehead atoms. The van der Waals surface area contributed by atoms with Crippen molar-refractivity contribution < 1.29 is 9.47 Å². The van der Waals surface area contributed by atoms with Crippen molar-refractivity contribution in [1.82, 2.24) is 5.32 Å². The van der Waals surface area contributed by atoms with Crippen molar-refractivity contribution in [3.8, 4) is 11.5 Å². The molecule has 0 aliphatic carbocycles. The number of hydrogen-bond donors (Lipinski definition) is 1. The number of rotatable bonds is 10. The second-order valence-corrected chi connectivity index (χ2v) is 8.09. The van der Waals surface area contributed by atoms with Crippen LogP contribution >= 0.6 is 34.8 Å². The van der Waals surface area contributed by atoms with E-state index in [0.717, 1.165) is 29.1 Å². The molecule has 0 amide bonds. The first kappa shape index (κ1) is 22.8. The second-order valence-electron chi connectivity index (χ2n) is 6.81. The number of nitrogens with one attached hydrogen (secondary N) is 1. The third kappa shape index (κ3) is 6.82. The van der Waals surface area contributed by atoms with Crippen LogP contribution in [0.4, 0.5) is 0 Å². The fourth-order valence-electron chi connectivity index (χ4n) is 2.98. The molecule has 0 spiro atoms. The minimum Gasteiger partial charge on any atom is -0.490 e. The lowest BCUT2D eigenvalue weighted by atomic mass is 10.1. The summed E-state index contributed by atoms with van der Waals surface area (Å²) in [5, 5.41) is 5.42. The molecule has 0 fully saturated rings. The Bertz CT molecular complexity index is 944. The van der Waals surface area contributed by atoms with Crippen LogP contribution in [-0.2, 0) is 19.6 Å². The summed E-state index contributed by atoms with van der Waals surface area (Å²) in [4.78, 5) is 0. The quantitative estimate of drug-likeness (QED) is 0.329. The lowest BCUT2D eigenvalue weighted by Gasteiger charge is -2.16. The largest absolute Gasteiger partial charge is 0.490 e. The zero-order valence-electron chi connectivity index (χ0n) is 16.8. The van der Waals surface area contributed by atoms with Crippen LogP contribution in [0.3, 0.4) is 0 Å². The molecule has 1 N–H and O–H groups in total. The standard InChI is InChI=1S/C24H24Cl3NO2/c1-2-29-23-14-19(15-28-12-11-17-3-7-20(25)8-4-17)13-22(27)24(23)30-16-18-5-9-21(26)10-6-18/h3-10,13-14,28H,2,11-12,15-16H2,1H3. The van der Waals surface area contributed by atoms with Gasteiger partial charge in [0, 0.05) is 16.6 Å². The van der Waals surface area contributed by atoms with E-state index in [-0.39, 0.29) is 0 Å². The molecule has 0 heterocycles. The predicted octanol–water partition coefficient (Wildman–Crippen LogP) is 6.96. The topological polar surface area (TPSA) is 30.5 Å². The Balaban J connectivity index is 1.60. The van der Waals surface area contributed by atoms with Crippen molar-refractivity contribution >= 4 is 34.8 Å². The maximum absolute atomic E-state index is 6.52. The fourth-order valence-corrected chi connectivity index (χ4v) is 3.52. The number of ether oxygens (including phenoxy) is 2. The van der Waals surface area contributed by atoms with Gasteiger partial charge in [-0.2, -0.15) is 0 Å². The minimum atomic E-state index is 0.385. The molecule has 0 aromatic heterocycles. The molecule has 0 unspecified atom stereocenters. The molecule has 0 radical (unpaired) electrons. The van der Waals surface area contributed by atoms with Crippen molar-refractivity contribution in [3.63, 3.8) is 0 Å². The summed E-state index contributed by atoms with van der Waals surface area (Å²) in [6.45, 7) is 4.38. The summed E-state index contributed by atoms with van der Waals surface area (Å²) in [6, 6.07) is 19.3. The van der Waals surface area contributed by atoms with Gasteiger partial charge in [-0.1, -0.05) is 59.1 Å². The Morgan fingerprint density at radius 2 is 1.40 bits per heavy atom. The molecule has 3 aromatic carbocycles. The molecule has 158 valence electrons. The molecule has 0 saturated carbocycles. The fraction of sp³-hybridized carbons (Fsp3) is 0.250.